The number of rotatable bonds is 3. The van der Waals surface area contributed by atoms with Crippen molar-refractivity contribution in [1.29, 1.82) is 0 Å². The molecular weight excluding hydrogens is 218 g/mol. The smallest absolute Gasteiger partial charge is 0.338 e. The van der Waals surface area contributed by atoms with Crippen LogP contribution >= 0.6 is 0 Å². The predicted molar refractivity (Wildman–Crippen MR) is 64.6 cm³/mol. The Morgan fingerprint density at radius 3 is 2.82 bits per heavy atom. The lowest BCUT2D eigenvalue weighted by Gasteiger charge is -2.40. The fourth-order valence-corrected chi connectivity index (χ4v) is 3.43. The van der Waals surface area contributed by atoms with Gasteiger partial charge in [0.05, 0.1) is 7.11 Å². The third-order valence-electron chi connectivity index (χ3n) is 4.24. The lowest BCUT2D eigenvalue weighted by molar-refractivity contribution is -0.163. The first-order valence-electron chi connectivity index (χ1n) is 6.59. The molecule has 3 unspecified atom stereocenters. The molecule has 0 aromatic carbocycles. The van der Waals surface area contributed by atoms with E-state index in [2.05, 4.69) is 9.64 Å². The second kappa shape index (κ2) is 4.94. The number of carbonyl (C=O) groups excluding carboxylic acids is 1. The number of hydrogen-bond acceptors (Lipinski definition) is 4. The summed E-state index contributed by atoms with van der Waals surface area (Å²) in [5.41, 5.74) is -1.38. The molecule has 0 aromatic heterocycles. The maximum absolute atomic E-state index is 11.5. The van der Waals surface area contributed by atoms with E-state index in [9.17, 15) is 9.90 Å². The molecule has 1 saturated heterocycles. The summed E-state index contributed by atoms with van der Waals surface area (Å²) in [6.07, 6.45) is 6.29. The standard InChI is InChI=1S/C13H23NO3/c1-13(16,12(15)17-2)9-14-8-4-6-10-5-3-7-11(10)14/h10-11,16H,3-9H2,1-2H3. The molecule has 98 valence electrons. The minimum absolute atomic E-state index is 0.404. The molecule has 1 aliphatic heterocycles. The Balaban J connectivity index is 2.00. The van der Waals surface area contributed by atoms with Gasteiger partial charge in [0, 0.05) is 12.6 Å². The van der Waals surface area contributed by atoms with E-state index in [1.54, 1.807) is 6.92 Å². The van der Waals surface area contributed by atoms with Crippen molar-refractivity contribution in [3.8, 4) is 0 Å². The number of carbonyl (C=O) groups is 1. The van der Waals surface area contributed by atoms with Crippen molar-refractivity contribution in [1.82, 2.24) is 4.90 Å². The molecule has 2 fully saturated rings. The maximum Gasteiger partial charge on any atom is 0.338 e. The number of methoxy groups -OCH3 is 1. The van der Waals surface area contributed by atoms with Crippen LogP contribution in [0.5, 0.6) is 0 Å². The maximum atomic E-state index is 11.5. The van der Waals surface area contributed by atoms with Gasteiger partial charge in [-0.1, -0.05) is 6.42 Å². The van der Waals surface area contributed by atoms with Gasteiger partial charge in [-0.25, -0.2) is 4.79 Å². The molecule has 0 amide bonds. The molecule has 17 heavy (non-hydrogen) atoms. The van der Waals surface area contributed by atoms with Crippen LogP contribution in [0.3, 0.4) is 0 Å². The third kappa shape index (κ3) is 2.63. The first-order valence-corrected chi connectivity index (χ1v) is 6.59. The van der Waals surface area contributed by atoms with Crippen molar-refractivity contribution in [2.24, 2.45) is 5.92 Å². The molecule has 1 aliphatic carbocycles. The number of nitrogens with zero attached hydrogens (tertiary/aromatic N) is 1. The van der Waals surface area contributed by atoms with Crippen LogP contribution in [0, 0.1) is 5.92 Å². The number of hydrogen-bond donors (Lipinski definition) is 1. The van der Waals surface area contributed by atoms with Crippen molar-refractivity contribution < 1.29 is 14.6 Å². The van der Waals surface area contributed by atoms with Gasteiger partial charge in [-0.3, -0.25) is 4.90 Å². The quantitative estimate of drug-likeness (QED) is 0.754. The molecule has 2 rings (SSSR count). The van der Waals surface area contributed by atoms with Gasteiger partial charge in [-0.15, -0.1) is 0 Å². The Kier molecular flexibility index (Phi) is 3.73. The van der Waals surface area contributed by atoms with Gasteiger partial charge in [0.2, 0.25) is 0 Å². The first-order chi connectivity index (χ1) is 8.04. The van der Waals surface area contributed by atoms with E-state index in [0.29, 0.717) is 12.6 Å². The third-order valence-corrected chi connectivity index (χ3v) is 4.24. The first kappa shape index (κ1) is 12.8. The normalized spacial score (nSPS) is 32.9. The lowest BCUT2D eigenvalue weighted by Crippen LogP contribution is -2.53. The average Bonchev–Trinajstić information content (AvgIpc) is 2.76. The van der Waals surface area contributed by atoms with Gasteiger partial charge in [0.25, 0.3) is 0 Å². The minimum Gasteiger partial charge on any atom is -0.467 e. The summed E-state index contributed by atoms with van der Waals surface area (Å²) in [7, 11) is 1.32. The summed E-state index contributed by atoms with van der Waals surface area (Å²) in [6, 6.07) is 0.569. The number of β-amino-alcohol motifs (C(OH)–C–C–N with tert-alkyl or cyclic N) is 1. The fourth-order valence-electron chi connectivity index (χ4n) is 3.43. The molecule has 0 aromatic rings. The molecule has 0 spiro atoms. The van der Waals surface area contributed by atoms with Crippen molar-refractivity contribution in [3.63, 3.8) is 0 Å². The number of fused-ring (bicyclic) bond motifs is 1. The topological polar surface area (TPSA) is 49.8 Å². The molecule has 0 radical (unpaired) electrons. The highest BCUT2D eigenvalue weighted by Crippen LogP contribution is 2.37. The van der Waals surface area contributed by atoms with Crippen molar-refractivity contribution >= 4 is 5.97 Å². The van der Waals surface area contributed by atoms with Crippen LogP contribution in [0.15, 0.2) is 0 Å². The van der Waals surface area contributed by atoms with Crippen molar-refractivity contribution in [2.45, 2.75) is 50.7 Å². The SMILES string of the molecule is COC(=O)C(C)(O)CN1CCCC2CCCC21. The molecular formula is C13H23NO3. The van der Waals surface area contributed by atoms with Crippen molar-refractivity contribution in [3.05, 3.63) is 0 Å². The van der Waals surface area contributed by atoms with Gasteiger partial charge in [0.1, 0.15) is 0 Å². The molecule has 4 nitrogen and oxygen atoms in total. The van der Waals surface area contributed by atoms with Gasteiger partial charge in [-0.2, -0.15) is 0 Å². The molecule has 0 bridgehead atoms. The monoisotopic (exact) mass is 241 g/mol. The van der Waals surface area contributed by atoms with Crippen LogP contribution in [-0.4, -0.2) is 47.8 Å². The van der Waals surface area contributed by atoms with Gasteiger partial charge in [0.15, 0.2) is 5.60 Å². The summed E-state index contributed by atoms with van der Waals surface area (Å²) in [6.45, 7) is 2.95. The summed E-state index contributed by atoms with van der Waals surface area (Å²) in [5, 5.41) is 10.1. The van der Waals surface area contributed by atoms with E-state index < -0.39 is 11.6 Å². The fraction of sp³-hybridized carbons (Fsp3) is 0.923. The summed E-state index contributed by atoms with van der Waals surface area (Å²) < 4.78 is 4.65. The second-order valence-corrected chi connectivity index (χ2v) is 5.64. The average molecular weight is 241 g/mol. The Morgan fingerprint density at radius 1 is 1.41 bits per heavy atom. The van der Waals surface area contributed by atoms with E-state index in [0.717, 1.165) is 12.5 Å². The summed E-state index contributed by atoms with van der Waals surface area (Å²) in [4.78, 5) is 13.8. The van der Waals surface area contributed by atoms with E-state index in [4.69, 9.17) is 0 Å². The van der Waals surface area contributed by atoms with E-state index >= 15 is 0 Å². The predicted octanol–water partition coefficient (Wildman–Crippen LogP) is 1.17. The number of esters is 1. The number of likely N-dealkylation sites (tertiary alicyclic amines) is 1. The zero-order valence-electron chi connectivity index (χ0n) is 10.8. The lowest BCUT2D eigenvalue weighted by atomic mass is 9.90. The van der Waals surface area contributed by atoms with Crippen molar-refractivity contribution in [2.75, 3.05) is 20.2 Å². The highest BCUT2D eigenvalue weighted by molar-refractivity contribution is 5.78. The minimum atomic E-state index is -1.38. The highest BCUT2D eigenvalue weighted by atomic mass is 16.5. The molecule has 4 heteroatoms. The zero-order valence-corrected chi connectivity index (χ0v) is 10.8. The van der Waals surface area contributed by atoms with Crippen LogP contribution in [0.2, 0.25) is 0 Å². The van der Waals surface area contributed by atoms with Gasteiger partial charge in [-0.05, 0) is 45.1 Å². The molecule has 3 atom stereocenters. The molecule has 2 aliphatic rings. The van der Waals surface area contributed by atoms with E-state index in [-0.39, 0.29) is 0 Å². The van der Waals surface area contributed by atoms with Crippen LogP contribution in [0.4, 0.5) is 0 Å². The van der Waals surface area contributed by atoms with Crippen LogP contribution in [0.1, 0.15) is 39.0 Å². The van der Waals surface area contributed by atoms with Crippen LogP contribution in [0.25, 0.3) is 0 Å². The van der Waals surface area contributed by atoms with E-state index in [1.807, 2.05) is 0 Å². The molecule has 1 heterocycles. The Morgan fingerprint density at radius 2 is 2.12 bits per heavy atom. The second-order valence-electron chi connectivity index (χ2n) is 5.64. The number of piperidine rings is 1. The Labute approximate surface area is 103 Å². The largest absolute Gasteiger partial charge is 0.467 e. The number of ether oxygens (including phenoxy) is 1. The van der Waals surface area contributed by atoms with Gasteiger partial charge < -0.3 is 9.84 Å². The molecule has 1 N–H and O–H groups in total. The highest BCUT2D eigenvalue weighted by Gasteiger charge is 2.40. The Hall–Kier alpha value is -0.610. The summed E-state index contributed by atoms with van der Waals surface area (Å²) in [5.74, 6) is 0.245. The van der Waals surface area contributed by atoms with E-state index in [1.165, 1.54) is 39.2 Å². The zero-order chi connectivity index (χ0) is 12.5. The van der Waals surface area contributed by atoms with Gasteiger partial charge >= 0.3 is 5.97 Å². The van der Waals surface area contributed by atoms with Crippen LogP contribution in [-0.2, 0) is 9.53 Å². The molecule has 1 saturated carbocycles. The Bertz CT molecular complexity index is 290. The number of aliphatic hydroxyl groups is 1. The van der Waals surface area contributed by atoms with Crippen LogP contribution < -0.4 is 0 Å². The summed E-state index contributed by atoms with van der Waals surface area (Å²) >= 11 is 0.